The third-order valence-electron chi connectivity index (χ3n) is 5.41. The Morgan fingerprint density at radius 3 is 2.55 bits per heavy atom. The summed E-state index contributed by atoms with van der Waals surface area (Å²) >= 11 is 0. The fraction of sp³-hybridized carbons (Fsp3) is 0.938. The van der Waals surface area contributed by atoms with Crippen molar-refractivity contribution >= 4 is 5.91 Å². The van der Waals surface area contributed by atoms with Gasteiger partial charge in [-0.25, -0.2) is 0 Å². The molecule has 4 nitrogen and oxygen atoms in total. The molecule has 0 bridgehead atoms. The molecule has 2 aliphatic rings. The van der Waals surface area contributed by atoms with E-state index in [-0.39, 0.29) is 5.54 Å². The van der Waals surface area contributed by atoms with Gasteiger partial charge in [0.2, 0.25) is 5.91 Å². The van der Waals surface area contributed by atoms with Crippen molar-refractivity contribution in [3.63, 3.8) is 0 Å². The first-order valence-electron chi connectivity index (χ1n) is 8.19. The number of hydrogen-bond donors (Lipinski definition) is 1. The zero-order valence-corrected chi connectivity index (χ0v) is 13.5. The number of nitrogens with one attached hydrogen (secondary N) is 1. The molecule has 20 heavy (non-hydrogen) atoms. The van der Waals surface area contributed by atoms with Gasteiger partial charge in [-0.2, -0.15) is 0 Å². The highest BCUT2D eigenvalue weighted by molar-refractivity contribution is 5.77. The zero-order valence-electron chi connectivity index (χ0n) is 13.5. The van der Waals surface area contributed by atoms with Crippen LogP contribution in [0.15, 0.2) is 0 Å². The van der Waals surface area contributed by atoms with E-state index in [1.54, 1.807) is 0 Å². The highest BCUT2D eigenvalue weighted by Gasteiger charge is 2.34. The van der Waals surface area contributed by atoms with Crippen LogP contribution in [0.5, 0.6) is 0 Å². The van der Waals surface area contributed by atoms with Crippen molar-refractivity contribution in [2.45, 2.75) is 62.9 Å². The molecule has 2 rings (SSSR count). The second kappa shape index (κ2) is 6.90. The molecule has 1 aliphatic heterocycles. The Kier molecular flexibility index (Phi) is 5.44. The van der Waals surface area contributed by atoms with Gasteiger partial charge in [-0.1, -0.05) is 19.3 Å². The standard InChI is InChI=1S/C16H31N3O/c1-17-16(9-5-4-6-10-16)12-15(20)19(3)13-14-8-7-11-18(14)2/h14,17H,4-13H2,1-3H3. The van der Waals surface area contributed by atoms with Gasteiger partial charge in [-0.3, -0.25) is 4.79 Å². The maximum Gasteiger partial charge on any atom is 0.224 e. The van der Waals surface area contributed by atoms with Crippen LogP contribution in [0.3, 0.4) is 0 Å². The number of rotatable bonds is 5. The van der Waals surface area contributed by atoms with E-state index in [2.05, 4.69) is 17.3 Å². The van der Waals surface area contributed by atoms with E-state index < -0.39 is 0 Å². The quantitative estimate of drug-likeness (QED) is 0.835. The first-order valence-corrected chi connectivity index (χ1v) is 8.19. The molecule has 1 unspecified atom stereocenters. The average Bonchev–Trinajstić information content (AvgIpc) is 2.85. The summed E-state index contributed by atoms with van der Waals surface area (Å²) < 4.78 is 0. The molecule has 0 aromatic carbocycles. The lowest BCUT2D eigenvalue weighted by Crippen LogP contribution is -2.49. The maximum absolute atomic E-state index is 12.5. The second-order valence-corrected chi connectivity index (χ2v) is 6.82. The molecule has 116 valence electrons. The fourth-order valence-corrected chi connectivity index (χ4v) is 3.80. The van der Waals surface area contributed by atoms with E-state index in [4.69, 9.17) is 0 Å². The van der Waals surface area contributed by atoms with Crippen LogP contribution in [0.25, 0.3) is 0 Å². The van der Waals surface area contributed by atoms with Gasteiger partial charge in [0, 0.05) is 31.6 Å². The number of hydrogen-bond acceptors (Lipinski definition) is 3. The Balaban J connectivity index is 1.86. The Morgan fingerprint density at radius 1 is 1.30 bits per heavy atom. The molecule has 1 saturated heterocycles. The number of carbonyl (C=O) groups is 1. The largest absolute Gasteiger partial charge is 0.344 e. The number of likely N-dealkylation sites (N-methyl/N-ethyl adjacent to an activating group) is 2. The lowest BCUT2D eigenvalue weighted by molar-refractivity contribution is -0.132. The fourth-order valence-electron chi connectivity index (χ4n) is 3.80. The smallest absolute Gasteiger partial charge is 0.224 e. The Labute approximate surface area is 123 Å². The minimum Gasteiger partial charge on any atom is -0.344 e. The lowest BCUT2D eigenvalue weighted by atomic mass is 9.79. The van der Waals surface area contributed by atoms with Crippen LogP contribution in [0.2, 0.25) is 0 Å². The van der Waals surface area contributed by atoms with Crippen molar-refractivity contribution in [3.05, 3.63) is 0 Å². The predicted molar refractivity (Wildman–Crippen MR) is 82.8 cm³/mol. The summed E-state index contributed by atoms with van der Waals surface area (Å²) in [5.41, 5.74) is 0.0607. The third kappa shape index (κ3) is 3.73. The summed E-state index contributed by atoms with van der Waals surface area (Å²) in [6, 6.07) is 0.556. The molecule has 1 atom stereocenters. The molecule has 4 heteroatoms. The molecular formula is C16H31N3O. The van der Waals surface area contributed by atoms with Crippen LogP contribution < -0.4 is 5.32 Å². The second-order valence-electron chi connectivity index (χ2n) is 6.82. The molecule has 0 aromatic heterocycles. The van der Waals surface area contributed by atoms with Crippen LogP contribution >= 0.6 is 0 Å². The molecule has 1 heterocycles. The van der Waals surface area contributed by atoms with Crippen LogP contribution in [0.4, 0.5) is 0 Å². The summed E-state index contributed by atoms with van der Waals surface area (Å²) in [5.74, 6) is 0.307. The zero-order chi connectivity index (χ0) is 14.6. The van der Waals surface area contributed by atoms with Crippen LogP contribution in [0, 0.1) is 0 Å². The average molecular weight is 281 g/mol. The highest BCUT2D eigenvalue weighted by Crippen LogP contribution is 2.31. The van der Waals surface area contributed by atoms with Crippen molar-refractivity contribution in [2.24, 2.45) is 0 Å². The lowest BCUT2D eigenvalue weighted by Gasteiger charge is -2.38. The summed E-state index contributed by atoms with van der Waals surface area (Å²) in [5, 5.41) is 3.45. The first kappa shape index (κ1) is 15.8. The first-order chi connectivity index (χ1) is 9.56. The van der Waals surface area contributed by atoms with Crippen LogP contribution in [0.1, 0.15) is 51.4 Å². The molecular weight excluding hydrogens is 250 g/mol. The van der Waals surface area contributed by atoms with Crippen molar-refractivity contribution in [2.75, 3.05) is 34.2 Å². The van der Waals surface area contributed by atoms with Gasteiger partial charge in [-0.15, -0.1) is 0 Å². The number of likely N-dealkylation sites (tertiary alicyclic amines) is 1. The van der Waals surface area contributed by atoms with Crippen molar-refractivity contribution in [1.29, 1.82) is 0 Å². The predicted octanol–water partition coefficient (Wildman–Crippen LogP) is 1.85. The van der Waals surface area contributed by atoms with E-state index in [1.807, 2.05) is 19.0 Å². The molecule has 0 aromatic rings. The summed E-state index contributed by atoms with van der Waals surface area (Å²) in [6.45, 7) is 2.06. The minimum atomic E-state index is 0.0607. The minimum absolute atomic E-state index is 0.0607. The van der Waals surface area contributed by atoms with Gasteiger partial charge in [-0.05, 0) is 46.3 Å². The number of carbonyl (C=O) groups excluding carboxylic acids is 1. The molecule has 0 spiro atoms. The van der Waals surface area contributed by atoms with Gasteiger partial charge in [0.1, 0.15) is 0 Å². The van der Waals surface area contributed by atoms with Gasteiger partial charge < -0.3 is 15.1 Å². The van der Waals surface area contributed by atoms with E-state index in [1.165, 1.54) is 38.6 Å². The molecule has 1 saturated carbocycles. The Bertz CT molecular complexity index is 326. The SMILES string of the molecule is CNC1(CC(=O)N(C)CC2CCCN2C)CCCCC1. The highest BCUT2D eigenvalue weighted by atomic mass is 16.2. The summed E-state index contributed by atoms with van der Waals surface area (Å²) in [7, 11) is 6.16. The van der Waals surface area contributed by atoms with Crippen molar-refractivity contribution in [3.8, 4) is 0 Å². The topological polar surface area (TPSA) is 35.6 Å². The van der Waals surface area contributed by atoms with E-state index >= 15 is 0 Å². The van der Waals surface area contributed by atoms with E-state index in [0.717, 1.165) is 19.4 Å². The molecule has 1 N–H and O–H groups in total. The van der Waals surface area contributed by atoms with Crippen LogP contribution in [-0.2, 0) is 4.79 Å². The number of nitrogens with zero attached hydrogens (tertiary/aromatic N) is 2. The van der Waals surface area contributed by atoms with E-state index in [0.29, 0.717) is 18.4 Å². The van der Waals surface area contributed by atoms with Crippen molar-refractivity contribution < 1.29 is 4.79 Å². The monoisotopic (exact) mass is 281 g/mol. The molecule has 1 amide bonds. The molecule has 2 fully saturated rings. The third-order valence-corrected chi connectivity index (χ3v) is 5.41. The Hall–Kier alpha value is -0.610. The summed E-state index contributed by atoms with van der Waals surface area (Å²) in [6.07, 6.45) is 9.27. The van der Waals surface area contributed by atoms with Gasteiger partial charge >= 0.3 is 0 Å². The van der Waals surface area contributed by atoms with Crippen molar-refractivity contribution in [1.82, 2.24) is 15.1 Å². The van der Waals surface area contributed by atoms with Gasteiger partial charge in [0.15, 0.2) is 0 Å². The van der Waals surface area contributed by atoms with Gasteiger partial charge in [0.25, 0.3) is 0 Å². The number of amides is 1. The maximum atomic E-state index is 12.5. The normalized spacial score (nSPS) is 26.6. The molecule has 0 radical (unpaired) electrons. The van der Waals surface area contributed by atoms with Gasteiger partial charge in [0.05, 0.1) is 0 Å². The summed E-state index contributed by atoms with van der Waals surface area (Å²) in [4.78, 5) is 16.9. The van der Waals surface area contributed by atoms with Crippen LogP contribution in [-0.4, -0.2) is 61.5 Å². The molecule has 1 aliphatic carbocycles. The Morgan fingerprint density at radius 2 is 2.00 bits per heavy atom. The van der Waals surface area contributed by atoms with E-state index in [9.17, 15) is 4.79 Å².